The van der Waals surface area contributed by atoms with Gasteiger partial charge in [-0.05, 0) is 24.1 Å². The van der Waals surface area contributed by atoms with Crippen molar-refractivity contribution in [2.45, 2.75) is 40.0 Å². The van der Waals surface area contributed by atoms with Crippen molar-refractivity contribution in [2.75, 3.05) is 18.0 Å². The standard InChI is InChI=1S/C24H29N.C2H6/c1-6-8-10-11-13-17-25-19-21(14-12-9-7-2)24(4,5)22-18-20(3)15-16-23(22)25;1-2/h6-16,18H,1-2,17,19H2,3-5H3;1-2H3/b10-8-,12-9-,13-11-,21-14+;. The molecule has 144 valence electrons. The number of aryl methyl sites for hydroxylation is 1. The summed E-state index contributed by atoms with van der Waals surface area (Å²) in [6, 6.07) is 6.79. The molecule has 1 nitrogen and oxygen atoms in total. The lowest BCUT2D eigenvalue weighted by Crippen LogP contribution is -2.39. The number of hydrogen-bond acceptors (Lipinski definition) is 1. The summed E-state index contributed by atoms with van der Waals surface area (Å²) in [7, 11) is 0. The Hall–Kier alpha value is -2.54. The number of rotatable bonds is 6. The molecule has 2 rings (SSSR count). The summed E-state index contributed by atoms with van der Waals surface area (Å²) in [4.78, 5) is 2.44. The van der Waals surface area contributed by atoms with Crippen LogP contribution in [0.4, 0.5) is 5.69 Å². The van der Waals surface area contributed by atoms with Crippen molar-refractivity contribution in [3.8, 4) is 0 Å². The van der Waals surface area contributed by atoms with Gasteiger partial charge < -0.3 is 4.90 Å². The highest BCUT2D eigenvalue weighted by molar-refractivity contribution is 5.65. The first kappa shape index (κ1) is 22.5. The average Bonchev–Trinajstić information content (AvgIpc) is 2.66. The van der Waals surface area contributed by atoms with E-state index >= 15 is 0 Å². The van der Waals surface area contributed by atoms with E-state index in [9.17, 15) is 0 Å². The molecular weight excluding hydrogens is 326 g/mol. The van der Waals surface area contributed by atoms with Crippen LogP contribution in [0.5, 0.6) is 0 Å². The maximum atomic E-state index is 3.76. The predicted octanol–water partition coefficient (Wildman–Crippen LogP) is 7.09. The number of anilines is 1. The third kappa shape index (κ3) is 5.99. The molecule has 1 aromatic carbocycles. The molecule has 1 aliphatic heterocycles. The molecule has 1 heterocycles. The zero-order chi connectivity index (χ0) is 20.3. The lowest BCUT2D eigenvalue weighted by Gasteiger charge is -2.42. The second kappa shape index (κ2) is 11.2. The van der Waals surface area contributed by atoms with Crippen molar-refractivity contribution in [1.82, 2.24) is 0 Å². The number of nitrogens with zero attached hydrogens (tertiary/aromatic N) is 1. The summed E-state index contributed by atoms with van der Waals surface area (Å²) >= 11 is 0. The Balaban J connectivity index is 0.00000176. The highest BCUT2D eigenvalue weighted by Crippen LogP contribution is 2.43. The molecule has 0 radical (unpaired) electrons. The molecule has 1 heteroatoms. The second-order valence-electron chi connectivity index (χ2n) is 6.89. The molecule has 0 N–H and O–H groups in total. The molecule has 0 bridgehead atoms. The molecule has 0 aromatic heterocycles. The largest absolute Gasteiger partial charge is 0.364 e. The third-order valence-electron chi connectivity index (χ3n) is 4.69. The van der Waals surface area contributed by atoms with Crippen molar-refractivity contribution in [3.05, 3.63) is 103 Å². The maximum Gasteiger partial charge on any atom is 0.0413 e. The Labute approximate surface area is 166 Å². The van der Waals surface area contributed by atoms with E-state index in [2.05, 4.69) is 81.3 Å². The van der Waals surface area contributed by atoms with Gasteiger partial charge in [0.05, 0.1) is 0 Å². The van der Waals surface area contributed by atoms with Gasteiger partial charge >= 0.3 is 0 Å². The number of benzene rings is 1. The van der Waals surface area contributed by atoms with Crippen molar-refractivity contribution < 1.29 is 0 Å². The van der Waals surface area contributed by atoms with E-state index in [0.717, 1.165) is 13.1 Å². The Kier molecular flexibility index (Phi) is 9.36. The highest BCUT2D eigenvalue weighted by atomic mass is 15.1. The lowest BCUT2D eigenvalue weighted by molar-refractivity contribution is 0.577. The zero-order valence-electron chi connectivity index (χ0n) is 17.7. The van der Waals surface area contributed by atoms with Crippen LogP contribution in [-0.2, 0) is 5.41 Å². The molecule has 0 saturated heterocycles. The summed E-state index contributed by atoms with van der Waals surface area (Å²) in [6.07, 6.45) is 18.1. The summed E-state index contributed by atoms with van der Waals surface area (Å²) in [5.41, 5.74) is 5.47. The molecular formula is C26H35N. The summed E-state index contributed by atoms with van der Waals surface area (Å²) in [5.74, 6) is 0. The maximum absolute atomic E-state index is 3.76. The summed E-state index contributed by atoms with van der Waals surface area (Å²) in [6.45, 7) is 20.1. The van der Waals surface area contributed by atoms with Gasteiger partial charge in [-0.2, -0.15) is 0 Å². The monoisotopic (exact) mass is 361 g/mol. The fraction of sp³-hybridized carbons (Fsp3) is 0.308. The van der Waals surface area contributed by atoms with Crippen molar-refractivity contribution >= 4 is 5.69 Å². The van der Waals surface area contributed by atoms with Crippen LogP contribution in [0.2, 0.25) is 0 Å². The molecule has 0 unspecified atom stereocenters. The van der Waals surface area contributed by atoms with E-state index in [1.54, 1.807) is 6.08 Å². The molecule has 0 atom stereocenters. The first-order valence-electron chi connectivity index (χ1n) is 9.79. The Morgan fingerprint density at radius 3 is 2.33 bits per heavy atom. The van der Waals surface area contributed by atoms with Gasteiger partial charge in [0, 0.05) is 24.2 Å². The fourth-order valence-electron chi connectivity index (χ4n) is 3.17. The van der Waals surface area contributed by atoms with E-state index < -0.39 is 0 Å². The third-order valence-corrected chi connectivity index (χ3v) is 4.69. The van der Waals surface area contributed by atoms with Crippen LogP contribution in [0.15, 0.2) is 91.6 Å². The molecule has 27 heavy (non-hydrogen) atoms. The lowest BCUT2D eigenvalue weighted by atomic mass is 9.73. The van der Waals surface area contributed by atoms with Gasteiger partial charge in [0.1, 0.15) is 0 Å². The molecule has 0 spiro atoms. The van der Waals surface area contributed by atoms with Gasteiger partial charge in [0.15, 0.2) is 0 Å². The Morgan fingerprint density at radius 2 is 1.67 bits per heavy atom. The molecule has 0 fully saturated rings. The highest BCUT2D eigenvalue weighted by Gasteiger charge is 2.34. The van der Waals surface area contributed by atoms with Crippen molar-refractivity contribution in [2.24, 2.45) is 0 Å². The molecule has 0 amide bonds. The number of hydrogen-bond donors (Lipinski definition) is 0. The molecule has 0 aliphatic carbocycles. The van der Waals surface area contributed by atoms with E-state index in [0.29, 0.717) is 0 Å². The average molecular weight is 362 g/mol. The smallest absolute Gasteiger partial charge is 0.0413 e. The van der Waals surface area contributed by atoms with E-state index in [1.165, 1.54) is 22.4 Å². The van der Waals surface area contributed by atoms with Crippen LogP contribution in [0.3, 0.4) is 0 Å². The van der Waals surface area contributed by atoms with Crippen LogP contribution < -0.4 is 4.90 Å². The predicted molar refractivity (Wildman–Crippen MR) is 124 cm³/mol. The van der Waals surface area contributed by atoms with Crippen molar-refractivity contribution in [3.63, 3.8) is 0 Å². The summed E-state index contributed by atoms with van der Waals surface area (Å²) < 4.78 is 0. The zero-order valence-corrected chi connectivity index (χ0v) is 17.7. The first-order valence-corrected chi connectivity index (χ1v) is 9.79. The van der Waals surface area contributed by atoms with Gasteiger partial charge in [0.2, 0.25) is 0 Å². The minimum absolute atomic E-state index is 0.0236. The van der Waals surface area contributed by atoms with Crippen LogP contribution in [-0.4, -0.2) is 13.1 Å². The second-order valence-corrected chi connectivity index (χ2v) is 6.89. The van der Waals surface area contributed by atoms with Crippen LogP contribution in [0.1, 0.15) is 38.8 Å². The van der Waals surface area contributed by atoms with Gasteiger partial charge in [-0.25, -0.2) is 0 Å². The molecule has 0 saturated carbocycles. The minimum atomic E-state index is 0.0236. The Morgan fingerprint density at radius 1 is 1.00 bits per heavy atom. The van der Waals surface area contributed by atoms with Gasteiger partial charge in [-0.3, -0.25) is 0 Å². The molecule has 1 aromatic rings. The molecule has 1 aliphatic rings. The minimum Gasteiger partial charge on any atom is -0.364 e. The van der Waals surface area contributed by atoms with Crippen molar-refractivity contribution in [1.29, 1.82) is 0 Å². The number of fused-ring (bicyclic) bond motifs is 1. The van der Waals surface area contributed by atoms with E-state index in [4.69, 9.17) is 0 Å². The number of allylic oxidation sites excluding steroid dienone is 8. The first-order chi connectivity index (χ1) is 13.0. The van der Waals surface area contributed by atoms with Crippen LogP contribution in [0.25, 0.3) is 0 Å². The van der Waals surface area contributed by atoms with Crippen LogP contribution in [0, 0.1) is 6.92 Å². The topological polar surface area (TPSA) is 3.24 Å². The summed E-state index contributed by atoms with van der Waals surface area (Å²) in [5, 5.41) is 0. The fourth-order valence-corrected chi connectivity index (χ4v) is 3.17. The Bertz CT molecular complexity index is 741. The van der Waals surface area contributed by atoms with Gasteiger partial charge in [-0.15, -0.1) is 0 Å². The van der Waals surface area contributed by atoms with Gasteiger partial charge in [0.25, 0.3) is 0 Å². The van der Waals surface area contributed by atoms with E-state index in [-0.39, 0.29) is 5.41 Å². The quantitative estimate of drug-likeness (QED) is 0.489. The van der Waals surface area contributed by atoms with E-state index in [1.807, 2.05) is 38.2 Å². The SMILES string of the molecule is C=C/C=C\C=C/CN1C/C(=C\C=C/C=C)C(C)(C)c2cc(C)ccc21.CC. The van der Waals surface area contributed by atoms with Crippen LogP contribution >= 0.6 is 0 Å². The normalized spacial score (nSPS) is 17.2. The van der Waals surface area contributed by atoms with Gasteiger partial charge in [-0.1, -0.05) is 113 Å².